The Bertz CT molecular complexity index is 1550. The predicted molar refractivity (Wildman–Crippen MR) is 152 cm³/mol. The Labute approximate surface area is 238 Å². The van der Waals surface area contributed by atoms with Crippen molar-refractivity contribution in [3.8, 4) is 5.75 Å². The molecule has 4 rings (SSSR count). The molecular formula is C30H29FN4O5S. The molecular weight excluding hydrogens is 547 g/mol. The SMILES string of the molecule is C[C@@H](C(=O)NCc1ccccn1)N(Cc1ccccc1)C(=O)COc1ccc(S(=O)(=O)Nc2ccc(F)cc2)cc1. The molecule has 3 aromatic carbocycles. The fraction of sp³-hybridized carbons (Fsp3) is 0.167. The first-order valence-electron chi connectivity index (χ1n) is 12.7. The predicted octanol–water partition coefficient (Wildman–Crippen LogP) is 4.13. The molecule has 0 saturated heterocycles. The summed E-state index contributed by atoms with van der Waals surface area (Å²) in [5.41, 5.74) is 1.75. The van der Waals surface area contributed by atoms with Crippen LogP contribution in [0.2, 0.25) is 0 Å². The number of amides is 2. The minimum atomic E-state index is -3.92. The van der Waals surface area contributed by atoms with Gasteiger partial charge in [0.25, 0.3) is 15.9 Å². The Morgan fingerprint density at radius 2 is 1.61 bits per heavy atom. The van der Waals surface area contributed by atoms with E-state index in [0.717, 1.165) is 17.7 Å². The molecule has 41 heavy (non-hydrogen) atoms. The van der Waals surface area contributed by atoms with Crippen molar-refractivity contribution in [2.45, 2.75) is 31.0 Å². The van der Waals surface area contributed by atoms with Crippen LogP contribution in [-0.4, -0.2) is 42.8 Å². The third kappa shape index (κ3) is 8.36. The van der Waals surface area contributed by atoms with Crippen LogP contribution in [0.25, 0.3) is 0 Å². The number of hydrogen-bond acceptors (Lipinski definition) is 6. The third-order valence-electron chi connectivity index (χ3n) is 6.13. The van der Waals surface area contributed by atoms with E-state index in [4.69, 9.17) is 4.74 Å². The number of rotatable bonds is 12. The maximum Gasteiger partial charge on any atom is 0.261 e. The second-order valence-electron chi connectivity index (χ2n) is 9.09. The zero-order valence-corrected chi connectivity index (χ0v) is 23.1. The summed E-state index contributed by atoms with van der Waals surface area (Å²) < 4.78 is 46.5. The monoisotopic (exact) mass is 576 g/mol. The number of anilines is 1. The molecule has 9 nitrogen and oxygen atoms in total. The number of aromatic nitrogens is 1. The standard InChI is InChI=1S/C30H29FN4O5S/c1-22(30(37)33-19-26-9-5-6-18-32-26)35(20-23-7-3-2-4-8-23)29(36)21-40-27-14-16-28(17-15-27)41(38,39)34-25-12-10-24(31)11-13-25/h2-18,22,34H,19-21H2,1H3,(H,33,37)/t22-/m0/s1. The van der Waals surface area contributed by atoms with Crippen molar-refractivity contribution >= 4 is 27.5 Å². The number of carbonyl (C=O) groups is 2. The summed E-state index contributed by atoms with van der Waals surface area (Å²) in [5.74, 6) is -0.982. The van der Waals surface area contributed by atoms with Crippen molar-refractivity contribution in [3.05, 3.63) is 120 Å². The lowest BCUT2D eigenvalue weighted by Gasteiger charge is -2.28. The molecule has 0 bridgehead atoms. The highest BCUT2D eigenvalue weighted by Gasteiger charge is 2.26. The minimum absolute atomic E-state index is 0.0376. The molecule has 0 radical (unpaired) electrons. The Hall–Kier alpha value is -4.77. The fourth-order valence-corrected chi connectivity index (χ4v) is 4.92. The van der Waals surface area contributed by atoms with Crippen molar-refractivity contribution in [3.63, 3.8) is 0 Å². The van der Waals surface area contributed by atoms with E-state index in [0.29, 0.717) is 5.69 Å². The van der Waals surface area contributed by atoms with Gasteiger partial charge in [-0.2, -0.15) is 0 Å². The Morgan fingerprint density at radius 1 is 0.927 bits per heavy atom. The van der Waals surface area contributed by atoms with E-state index in [2.05, 4.69) is 15.0 Å². The highest BCUT2D eigenvalue weighted by Crippen LogP contribution is 2.20. The molecule has 212 valence electrons. The highest BCUT2D eigenvalue weighted by molar-refractivity contribution is 7.92. The molecule has 2 N–H and O–H groups in total. The number of nitrogens with one attached hydrogen (secondary N) is 2. The van der Waals surface area contributed by atoms with E-state index in [1.807, 2.05) is 36.4 Å². The van der Waals surface area contributed by atoms with E-state index >= 15 is 0 Å². The summed E-state index contributed by atoms with van der Waals surface area (Å²) in [7, 11) is -3.92. The Balaban J connectivity index is 1.40. The van der Waals surface area contributed by atoms with Crippen LogP contribution in [-0.2, 0) is 32.7 Å². The van der Waals surface area contributed by atoms with Gasteiger partial charge in [-0.1, -0.05) is 36.4 Å². The number of hydrogen-bond donors (Lipinski definition) is 2. The van der Waals surface area contributed by atoms with Crippen molar-refractivity contribution in [2.24, 2.45) is 0 Å². The van der Waals surface area contributed by atoms with Gasteiger partial charge in [0.15, 0.2) is 6.61 Å². The van der Waals surface area contributed by atoms with Gasteiger partial charge in [-0.05, 0) is 73.2 Å². The van der Waals surface area contributed by atoms with Gasteiger partial charge in [0.05, 0.1) is 17.1 Å². The molecule has 11 heteroatoms. The van der Waals surface area contributed by atoms with Gasteiger partial charge >= 0.3 is 0 Å². The van der Waals surface area contributed by atoms with Gasteiger partial charge < -0.3 is 15.0 Å². The zero-order chi connectivity index (χ0) is 29.2. The van der Waals surface area contributed by atoms with Crippen molar-refractivity contribution in [1.29, 1.82) is 0 Å². The number of sulfonamides is 1. The number of nitrogens with zero attached hydrogens (tertiary/aromatic N) is 2. The number of halogens is 1. The molecule has 4 aromatic rings. The summed E-state index contributed by atoms with van der Waals surface area (Å²) >= 11 is 0. The topological polar surface area (TPSA) is 118 Å². The van der Waals surface area contributed by atoms with Gasteiger partial charge in [0, 0.05) is 18.4 Å². The smallest absolute Gasteiger partial charge is 0.261 e. The zero-order valence-electron chi connectivity index (χ0n) is 22.2. The van der Waals surface area contributed by atoms with Crippen LogP contribution in [0.1, 0.15) is 18.2 Å². The maximum atomic E-state index is 13.3. The van der Waals surface area contributed by atoms with E-state index < -0.39 is 27.8 Å². The van der Waals surface area contributed by atoms with Crippen LogP contribution in [0.4, 0.5) is 10.1 Å². The van der Waals surface area contributed by atoms with E-state index in [1.54, 1.807) is 25.3 Å². The second kappa shape index (κ2) is 13.5. The average molecular weight is 577 g/mol. The molecule has 0 aliphatic heterocycles. The van der Waals surface area contributed by atoms with Crippen LogP contribution in [0.3, 0.4) is 0 Å². The number of benzene rings is 3. The minimum Gasteiger partial charge on any atom is -0.484 e. The fourth-order valence-electron chi connectivity index (χ4n) is 3.87. The largest absolute Gasteiger partial charge is 0.484 e. The summed E-state index contributed by atoms with van der Waals surface area (Å²) in [6.07, 6.45) is 1.64. The Morgan fingerprint density at radius 3 is 2.27 bits per heavy atom. The van der Waals surface area contributed by atoms with Crippen molar-refractivity contribution < 1.29 is 27.1 Å². The molecule has 2 amide bonds. The van der Waals surface area contributed by atoms with Crippen LogP contribution >= 0.6 is 0 Å². The van der Waals surface area contributed by atoms with Crippen molar-refractivity contribution in [2.75, 3.05) is 11.3 Å². The lowest BCUT2D eigenvalue weighted by atomic mass is 10.1. The lowest BCUT2D eigenvalue weighted by Crippen LogP contribution is -2.48. The second-order valence-corrected chi connectivity index (χ2v) is 10.8. The maximum absolute atomic E-state index is 13.3. The van der Waals surface area contributed by atoms with Crippen LogP contribution < -0.4 is 14.8 Å². The number of ether oxygens (including phenoxy) is 1. The van der Waals surface area contributed by atoms with Gasteiger partial charge in [0.2, 0.25) is 5.91 Å². The molecule has 0 saturated carbocycles. The number of pyridine rings is 1. The van der Waals surface area contributed by atoms with Gasteiger partial charge in [-0.3, -0.25) is 19.3 Å². The Kier molecular flexibility index (Phi) is 9.64. The quantitative estimate of drug-likeness (QED) is 0.262. The first kappa shape index (κ1) is 29.2. The molecule has 1 heterocycles. The molecule has 1 atom stereocenters. The molecule has 0 unspecified atom stereocenters. The van der Waals surface area contributed by atoms with Gasteiger partial charge in [-0.25, -0.2) is 12.8 Å². The third-order valence-corrected chi connectivity index (χ3v) is 7.52. The molecule has 0 spiro atoms. The van der Waals surface area contributed by atoms with Crippen LogP contribution in [0.15, 0.2) is 108 Å². The van der Waals surface area contributed by atoms with E-state index in [9.17, 15) is 22.4 Å². The van der Waals surface area contributed by atoms with Crippen LogP contribution in [0.5, 0.6) is 5.75 Å². The molecule has 1 aromatic heterocycles. The van der Waals surface area contributed by atoms with Gasteiger partial charge in [-0.15, -0.1) is 0 Å². The number of carbonyl (C=O) groups excluding carboxylic acids is 2. The average Bonchev–Trinajstić information content (AvgIpc) is 2.99. The summed E-state index contributed by atoms with van der Waals surface area (Å²) in [6, 6.07) is 24.3. The highest BCUT2D eigenvalue weighted by atomic mass is 32.2. The lowest BCUT2D eigenvalue weighted by molar-refractivity contribution is -0.142. The summed E-state index contributed by atoms with van der Waals surface area (Å²) in [4.78, 5) is 31.8. The van der Waals surface area contributed by atoms with Gasteiger partial charge in [0.1, 0.15) is 17.6 Å². The molecule has 0 fully saturated rings. The summed E-state index contributed by atoms with van der Waals surface area (Å²) in [6.45, 7) is 1.68. The van der Waals surface area contributed by atoms with Crippen LogP contribution in [0, 0.1) is 5.82 Å². The molecule has 0 aliphatic carbocycles. The first-order chi connectivity index (χ1) is 19.7. The molecule has 0 aliphatic rings. The summed E-state index contributed by atoms with van der Waals surface area (Å²) in [5, 5.41) is 2.82. The van der Waals surface area contributed by atoms with E-state index in [-0.39, 0.29) is 41.9 Å². The van der Waals surface area contributed by atoms with Crippen molar-refractivity contribution in [1.82, 2.24) is 15.2 Å². The normalized spacial score (nSPS) is 11.8. The van der Waals surface area contributed by atoms with E-state index in [1.165, 1.54) is 41.3 Å². The first-order valence-corrected chi connectivity index (χ1v) is 14.2.